The molecule has 5 rings (SSSR count). The van der Waals surface area contributed by atoms with Crippen molar-refractivity contribution in [3.8, 4) is 17.1 Å². The molecule has 1 aromatic carbocycles. The number of carbonyl (C=O) groups excluding carboxylic acids is 3. The predicted molar refractivity (Wildman–Crippen MR) is 144 cm³/mol. The van der Waals surface area contributed by atoms with Crippen molar-refractivity contribution in [3.63, 3.8) is 0 Å². The number of primary amides is 1. The van der Waals surface area contributed by atoms with Crippen LogP contribution >= 0.6 is 0 Å². The summed E-state index contributed by atoms with van der Waals surface area (Å²) in [6.45, 7) is 4.55. The highest BCUT2D eigenvalue weighted by Gasteiger charge is 2.64. The number of hydrogen-bond donors (Lipinski definition) is 6. The highest BCUT2D eigenvalue weighted by molar-refractivity contribution is 6.24. The number of benzene rings is 1. The summed E-state index contributed by atoms with van der Waals surface area (Å²) in [5.41, 5.74) is 2.84. The molecule has 0 spiro atoms. The second-order valence-electron chi connectivity index (χ2n) is 11.2. The van der Waals surface area contributed by atoms with E-state index < -0.39 is 58.0 Å². The van der Waals surface area contributed by atoms with Crippen molar-refractivity contribution in [2.75, 3.05) is 14.1 Å². The van der Waals surface area contributed by atoms with E-state index in [2.05, 4.69) is 5.32 Å². The number of aromatic hydroxyl groups is 1. The van der Waals surface area contributed by atoms with Crippen molar-refractivity contribution in [1.29, 1.82) is 0 Å². The minimum atomic E-state index is -2.67. The molecule has 0 aliphatic heterocycles. The normalized spacial score (nSPS) is 26.3. The number of amides is 1. The van der Waals surface area contributed by atoms with E-state index in [1.165, 1.54) is 11.0 Å². The maximum atomic E-state index is 13.9. The summed E-state index contributed by atoms with van der Waals surface area (Å²) in [6, 6.07) is 5.80. The van der Waals surface area contributed by atoms with Crippen LogP contribution in [-0.4, -0.2) is 74.6 Å². The number of nitrogens with one attached hydrogen (secondary N) is 1. The van der Waals surface area contributed by atoms with Gasteiger partial charge in [0.25, 0.3) is 5.91 Å². The number of aliphatic hydroxyl groups excluding tert-OH is 2. The van der Waals surface area contributed by atoms with E-state index in [4.69, 9.17) is 10.2 Å². The lowest BCUT2D eigenvalue weighted by Gasteiger charge is -2.50. The van der Waals surface area contributed by atoms with Gasteiger partial charge < -0.3 is 35.9 Å². The van der Waals surface area contributed by atoms with Gasteiger partial charge in [0, 0.05) is 23.1 Å². The summed E-state index contributed by atoms with van der Waals surface area (Å²) >= 11 is 0. The number of ketones is 2. The summed E-state index contributed by atoms with van der Waals surface area (Å²) in [5.74, 6) is -5.63. The summed E-state index contributed by atoms with van der Waals surface area (Å²) in [6.07, 6.45) is 0.196. The smallest absolute Gasteiger partial charge is 0.255 e. The number of Topliss-reactive ketones (excluding diaryl/α,β-unsaturated/α-hetero) is 2. The van der Waals surface area contributed by atoms with Gasteiger partial charge in [0.15, 0.2) is 11.4 Å². The first kappa shape index (κ1) is 27.6. The van der Waals surface area contributed by atoms with E-state index in [-0.39, 0.29) is 35.8 Å². The van der Waals surface area contributed by atoms with Crippen molar-refractivity contribution in [2.45, 2.75) is 50.9 Å². The van der Waals surface area contributed by atoms with Gasteiger partial charge in [-0.1, -0.05) is 13.8 Å². The molecule has 7 N–H and O–H groups in total. The number of phenols is 1. The Balaban J connectivity index is 1.66. The average molecular weight is 552 g/mol. The molecule has 0 bridgehead atoms. The molecule has 11 heteroatoms. The van der Waals surface area contributed by atoms with Crippen LogP contribution in [0.5, 0.6) is 5.75 Å². The zero-order valence-corrected chi connectivity index (χ0v) is 22.7. The number of nitrogens with two attached hydrogens (primary N) is 1. The molecule has 1 amide bonds. The highest BCUT2D eigenvalue weighted by atomic mass is 16.4. The molecular weight excluding hydrogens is 518 g/mol. The Kier molecular flexibility index (Phi) is 6.64. The summed E-state index contributed by atoms with van der Waals surface area (Å²) in [7, 11) is 3.12. The second kappa shape index (κ2) is 9.61. The van der Waals surface area contributed by atoms with E-state index in [0.717, 1.165) is 0 Å². The molecule has 3 aliphatic rings. The number of likely N-dealkylation sites (N-methyl/N-ethyl adjacent to an activating group) is 1. The molecule has 1 aromatic heterocycles. The standard InChI is InChI=1S/C29H33N3O8/c1-12(2)31-11-14-5-8-19(40-14)15-6-7-18(33)21-16(15)9-13-10-17-23(32(3)4)25(35)22(28(30)38)27(37)29(17,39)26(36)20(13)24(21)34/h5-8,12-13,17,23,31,33-34,37,39H,9-11H2,1-4H3,(H2,30,38)/t13-,17-,23+,29-/m0/s1. The maximum absolute atomic E-state index is 13.9. The zero-order chi connectivity index (χ0) is 29.3. The van der Waals surface area contributed by atoms with Crippen molar-refractivity contribution >= 4 is 23.2 Å². The van der Waals surface area contributed by atoms with E-state index in [1.54, 1.807) is 26.2 Å². The number of rotatable bonds is 6. The molecule has 3 aliphatic carbocycles. The Bertz CT molecular complexity index is 1500. The van der Waals surface area contributed by atoms with E-state index in [9.17, 15) is 34.8 Å². The Morgan fingerprint density at radius 3 is 2.50 bits per heavy atom. The Morgan fingerprint density at radius 2 is 1.88 bits per heavy atom. The molecule has 1 saturated carbocycles. The predicted octanol–water partition coefficient (Wildman–Crippen LogP) is 1.72. The highest BCUT2D eigenvalue weighted by Crippen LogP contribution is 2.53. The van der Waals surface area contributed by atoms with Crippen LogP contribution in [0.4, 0.5) is 0 Å². The van der Waals surface area contributed by atoms with E-state index >= 15 is 0 Å². The van der Waals surface area contributed by atoms with Gasteiger partial charge in [-0.15, -0.1) is 0 Å². The number of furan rings is 1. The fourth-order valence-corrected chi connectivity index (χ4v) is 6.40. The Hall–Kier alpha value is -3.93. The van der Waals surface area contributed by atoms with Crippen molar-refractivity contribution in [3.05, 3.63) is 58.1 Å². The molecule has 40 heavy (non-hydrogen) atoms. The van der Waals surface area contributed by atoms with Crippen LogP contribution in [0, 0.1) is 11.8 Å². The van der Waals surface area contributed by atoms with Crippen LogP contribution in [0.15, 0.2) is 45.6 Å². The van der Waals surface area contributed by atoms with Gasteiger partial charge >= 0.3 is 0 Å². The molecule has 212 valence electrons. The topological polar surface area (TPSA) is 187 Å². The van der Waals surface area contributed by atoms with Gasteiger partial charge in [-0.25, -0.2) is 0 Å². The third kappa shape index (κ3) is 3.95. The van der Waals surface area contributed by atoms with Crippen LogP contribution in [0.1, 0.15) is 37.2 Å². The molecule has 0 radical (unpaired) electrons. The summed E-state index contributed by atoms with van der Waals surface area (Å²) < 4.78 is 6.05. The average Bonchev–Trinajstić information content (AvgIpc) is 3.33. The first-order valence-corrected chi connectivity index (χ1v) is 13.1. The molecule has 1 fully saturated rings. The van der Waals surface area contributed by atoms with Crippen molar-refractivity contribution in [1.82, 2.24) is 10.2 Å². The molecule has 1 heterocycles. The molecular formula is C29H33N3O8. The van der Waals surface area contributed by atoms with Gasteiger partial charge in [0.1, 0.15) is 34.4 Å². The number of nitrogens with zero attached hydrogens (tertiary/aromatic N) is 1. The quantitative estimate of drug-likeness (QED) is 0.289. The van der Waals surface area contributed by atoms with E-state index in [0.29, 0.717) is 29.2 Å². The van der Waals surface area contributed by atoms with Gasteiger partial charge in [-0.2, -0.15) is 0 Å². The minimum absolute atomic E-state index is 0.0164. The fraction of sp³-hybridized carbons (Fsp3) is 0.414. The van der Waals surface area contributed by atoms with Crippen LogP contribution < -0.4 is 11.1 Å². The van der Waals surface area contributed by atoms with Crippen LogP contribution in [0.3, 0.4) is 0 Å². The lowest BCUT2D eigenvalue weighted by atomic mass is 9.57. The third-order valence-electron chi connectivity index (χ3n) is 8.22. The van der Waals surface area contributed by atoms with Gasteiger partial charge in [-0.05, 0) is 62.7 Å². The van der Waals surface area contributed by atoms with Crippen LogP contribution in [0.25, 0.3) is 17.1 Å². The number of hydrogen-bond acceptors (Lipinski definition) is 10. The number of carbonyl (C=O) groups is 3. The SMILES string of the molecule is CC(C)NCc1ccc(-c2ccc(O)c3c2C[C@H]2C[C@H]4[C@@H](N(C)C)C(=O)C(C(N)=O)=C(O)[C@@]4(O)C(=O)C2=C3O)o1. The monoisotopic (exact) mass is 551 g/mol. The fourth-order valence-electron chi connectivity index (χ4n) is 6.40. The largest absolute Gasteiger partial charge is 0.508 e. The van der Waals surface area contributed by atoms with Gasteiger partial charge in [-0.3, -0.25) is 19.3 Å². The van der Waals surface area contributed by atoms with Crippen LogP contribution in [0.2, 0.25) is 0 Å². The summed E-state index contributed by atoms with van der Waals surface area (Å²) in [5, 5.41) is 48.1. The van der Waals surface area contributed by atoms with E-state index in [1.807, 2.05) is 19.9 Å². The van der Waals surface area contributed by atoms with Gasteiger partial charge in [0.2, 0.25) is 5.78 Å². The third-order valence-corrected chi connectivity index (χ3v) is 8.22. The zero-order valence-electron chi connectivity index (χ0n) is 22.7. The second-order valence-corrected chi connectivity index (χ2v) is 11.2. The number of aliphatic hydroxyl groups is 3. The maximum Gasteiger partial charge on any atom is 0.255 e. The molecule has 0 saturated heterocycles. The van der Waals surface area contributed by atoms with Crippen molar-refractivity contribution in [2.24, 2.45) is 17.6 Å². The molecule has 0 unspecified atom stereocenters. The molecule has 2 aromatic rings. The minimum Gasteiger partial charge on any atom is -0.508 e. The molecule has 11 nitrogen and oxygen atoms in total. The Morgan fingerprint density at radius 1 is 1.18 bits per heavy atom. The van der Waals surface area contributed by atoms with Crippen LogP contribution in [-0.2, 0) is 27.3 Å². The first-order valence-electron chi connectivity index (χ1n) is 13.1. The lowest BCUT2D eigenvalue weighted by molar-refractivity contribution is -0.153. The number of fused-ring (bicyclic) bond motifs is 3. The molecule has 4 atom stereocenters. The Labute approximate surface area is 230 Å². The van der Waals surface area contributed by atoms with Crippen molar-refractivity contribution < 1.29 is 39.2 Å². The lowest BCUT2D eigenvalue weighted by Crippen LogP contribution is -2.65. The first-order chi connectivity index (χ1) is 18.8. The summed E-state index contributed by atoms with van der Waals surface area (Å²) in [4.78, 5) is 40.7. The number of phenolic OH excluding ortho intramolecular Hbond substituents is 1. The van der Waals surface area contributed by atoms with Gasteiger partial charge in [0.05, 0.1) is 18.2 Å².